The minimum atomic E-state index is -0.114. The number of anilines is 1. The SMILES string of the molecule is Cc1ccc(OCC(=O)N(CCN2CCOCC2)c2nc3c(C)cc(Cl)cc3s2)cc1. The normalized spacial score (nSPS) is 14.7. The highest BCUT2D eigenvalue weighted by atomic mass is 35.5. The first-order valence-corrected chi connectivity index (χ1v) is 11.6. The maximum absolute atomic E-state index is 13.2. The number of carbonyl (C=O) groups excluding carboxylic acids is 1. The zero-order valence-electron chi connectivity index (χ0n) is 17.8. The Balaban J connectivity index is 1.53. The van der Waals surface area contributed by atoms with Crippen LogP contribution in [0.4, 0.5) is 5.13 Å². The van der Waals surface area contributed by atoms with Gasteiger partial charge in [-0.15, -0.1) is 0 Å². The number of ether oxygens (including phenoxy) is 2. The van der Waals surface area contributed by atoms with Crippen molar-refractivity contribution in [3.63, 3.8) is 0 Å². The molecule has 6 nitrogen and oxygen atoms in total. The van der Waals surface area contributed by atoms with Crippen molar-refractivity contribution >= 4 is 44.2 Å². The number of halogens is 1. The monoisotopic (exact) mass is 459 g/mol. The van der Waals surface area contributed by atoms with Crippen LogP contribution in [0.1, 0.15) is 11.1 Å². The molecule has 8 heteroatoms. The van der Waals surface area contributed by atoms with E-state index in [0.29, 0.717) is 22.4 Å². The van der Waals surface area contributed by atoms with Gasteiger partial charge in [0.1, 0.15) is 5.75 Å². The fraction of sp³-hybridized carbons (Fsp3) is 0.391. The minimum Gasteiger partial charge on any atom is -0.484 e. The molecule has 0 aliphatic carbocycles. The lowest BCUT2D eigenvalue weighted by Crippen LogP contribution is -2.44. The van der Waals surface area contributed by atoms with Gasteiger partial charge in [-0.05, 0) is 43.7 Å². The number of rotatable bonds is 7. The summed E-state index contributed by atoms with van der Waals surface area (Å²) < 4.78 is 12.2. The number of thiazole rings is 1. The van der Waals surface area contributed by atoms with E-state index < -0.39 is 0 Å². The zero-order valence-corrected chi connectivity index (χ0v) is 19.3. The third-order valence-electron chi connectivity index (χ3n) is 5.30. The Hall–Kier alpha value is -2.19. The summed E-state index contributed by atoms with van der Waals surface area (Å²) >= 11 is 7.71. The van der Waals surface area contributed by atoms with E-state index in [2.05, 4.69) is 4.90 Å². The first-order valence-electron chi connectivity index (χ1n) is 10.4. The zero-order chi connectivity index (χ0) is 21.8. The Morgan fingerprint density at radius 2 is 1.97 bits per heavy atom. The molecule has 164 valence electrons. The molecule has 3 aromatic rings. The van der Waals surface area contributed by atoms with Gasteiger partial charge in [0, 0.05) is 31.2 Å². The summed E-state index contributed by atoms with van der Waals surface area (Å²) in [5, 5.41) is 1.35. The van der Waals surface area contributed by atoms with Gasteiger partial charge in [-0.25, -0.2) is 4.98 Å². The van der Waals surface area contributed by atoms with E-state index in [4.69, 9.17) is 26.1 Å². The van der Waals surface area contributed by atoms with Crippen LogP contribution in [0, 0.1) is 13.8 Å². The quantitative estimate of drug-likeness (QED) is 0.527. The van der Waals surface area contributed by atoms with Crippen molar-refractivity contribution in [1.29, 1.82) is 0 Å². The van der Waals surface area contributed by atoms with Crippen LogP contribution in [0.25, 0.3) is 10.2 Å². The van der Waals surface area contributed by atoms with Gasteiger partial charge in [-0.2, -0.15) is 0 Å². The summed E-state index contributed by atoms with van der Waals surface area (Å²) in [4.78, 5) is 22.0. The summed E-state index contributed by atoms with van der Waals surface area (Å²) in [6.07, 6.45) is 0. The maximum atomic E-state index is 13.2. The summed E-state index contributed by atoms with van der Waals surface area (Å²) in [5.41, 5.74) is 3.03. The van der Waals surface area contributed by atoms with Gasteiger partial charge in [-0.3, -0.25) is 14.6 Å². The van der Waals surface area contributed by atoms with Gasteiger partial charge in [0.2, 0.25) is 0 Å². The lowest BCUT2D eigenvalue weighted by Gasteiger charge is -2.29. The molecule has 1 aliphatic rings. The number of benzene rings is 2. The Bertz CT molecular complexity index is 1050. The van der Waals surface area contributed by atoms with Gasteiger partial charge >= 0.3 is 0 Å². The Morgan fingerprint density at radius 3 is 2.71 bits per heavy atom. The number of hydrogen-bond acceptors (Lipinski definition) is 6. The van der Waals surface area contributed by atoms with Crippen LogP contribution in [-0.4, -0.2) is 61.8 Å². The molecular formula is C23H26ClN3O3S. The van der Waals surface area contributed by atoms with Crippen molar-refractivity contribution in [2.24, 2.45) is 0 Å². The van der Waals surface area contributed by atoms with E-state index in [9.17, 15) is 4.79 Å². The second kappa shape index (κ2) is 9.96. The molecule has 0 bridgehead atoms. The maximum Gasteiger partial charge on any atom is 0.266 e. The second-order valence-electron chi connectivity index (χ2n) is 7.67. The number of nitrogens with zero attached hydrogens (tertiary/aromatic N) is 3. The number of aryl methyl sites for hydroxylation is 2. The van der Waals surface area contributed by atoms with Crippen LogP contribution in [0.15, 0.2) is 36.4 Å². The summed E-state index contributed by atoms with van der Waals surface area (Å²) in [5.74, 6) is 0.565. The molecule has 1 aromatic heterocycles. The first kappa shape index (κ1) is 22.0. The van der Waals surface area contributed by atoms with Gasteiger partial charge in [0.15, 0.2) is 11.7 Å². The predicted molar refractivity (Wildman–Crippen MR) is 126 cm³/mol. The lowest BCUT2D eigenvalue weighted by atomic mass is 10.2. The topological polar surface area (TPSA) is 54.9 Å². The fourth-order valence-electron chi connectivity index (χ4n) is 3.51. The summed E-state index contributed by atoms with van der Waals surface area (Å²) in [7, 11) is 0. The number of carbonyl (C=O) groups is 1. The minimum absolute atomic E-state index is 0.0398. The van der Waals surface area contributed by atoms with Gasteiger partial charge in [0.25, 0.3) is 5.91 Å². The molecule has 1 aliphatic heterocycles. The van der Waals surface area contributed by atoms with E-state index in [0.717, 1.165) is 54.2 Å². The van der Waals surface area contributed by atoms with E-state index >= 15 is 0 Å². The third kappa shape index (κ3) is 5.54. The van der Waals surface area contributed by atoms with E-state index in [1.165, 1.54) is 11.3 Å². The third-order valence-corrected chi connectivity index (χ3v) is 6.54. The van der Waals surface area contributed by atoms with Gasteiger partial charge in [0.05, 0.1) is 23.4 Å². The first-order chi connectivity index (χ1) is 15.0. The highest BCUT2D eigenvalue weighted by Gasteiger charge is 2.22. The largest absolute Gasteiger partial charge is 0.484 e. The van der Waals surface area contributed by atoms with Crippen LogP contribution in [-0.2, 0) is 9.53 Å². The van der Waals surface area contributed by atoms with Crippen molar-refractivity contribution < 1.29 is 14.3 Å². The van der Waals surface area contributed by atoms with Crippen LogP contribution < -0.4 is 9.64 Å². The molecule has 0 N–H and O–H groups in total. The molecular weight excluding hydrogens is 434 g/mol. The summed E-state index contributed by atoms with van der Waals surface area (Å²) in [6, 6.07) is 11.5. The average molecular weight is 460 g/mol. The number of aromatic nitrogens is 1. The number of hydrogen-bond donors (Lipinski definition) is 0. The van der Waals surface area contributed by atoms with Crippen molar-refractivity contribution in [2.45, 2.75) is 13.8 Å². The molecule has 0 saturated carbocycles. The highest BCUT2D eigenvalue weighted by Crippen LogP contribution is 2.33. The van der Waals surface area contributed by atoms with Crippen molar-refractivity contribution in [3.05, 3.63) is 52.5 Å². The van der Waals surface area contributed by atoms with Crippen molar-refractivity contribution in [2.75, 3.05) is 50.9 Å². The summed E-state index contributed by atoms with van der Waals surface area (Å²) in [6.45, 7) is 8.46. The van der Waals surface area contributed by atoms with Crippen molar-refractivity contribution in [3.8, 4) is 5.75 Å². The molecule has 0 spiro atoms. The lowest BCUT2D eigenvalue weighted by molar-refractivity contribution is -0.120. The van der Waals surface area contributed by atoms with Crippen LogP contribution in [0.3, 0.4) is 0 Å². The average Bonchev–Trinajstić information content (AvgIpc) is 3.18. The van der Waals surface area contributed by atoms with Crippen LogP contribution >= 0.6 is 22.9 Å². The standard InChI is InChI=1S/C23H26ClN3O3S/c1-16-3-5-19(6-4-16)30-15-21(28)27(8-7-26-9-11-29-12-10-26)23-25-22-17(2)13-18(24)14-20(22)31-23/h3-6,13-14H,7-12,15H2,1-2H3. The molecule has 2 aromatic carbocycles. The van der Waals surface area contributed by atoms with E-state index in [1.54, 1.807) is 4.90 Å². The van der Waals surface area contributed by atoms with Crippen molar-refractivity contribution in [1.82, 2.24) is 9.88 Å². The Morgan fingerprint density at radius 1 is 1.23 bits per heavy atom. The predicted octanol–water partition coefficient (Wildman–Crippen LogP) is 4.31. The van der Waals surface area contributed by atoms with E-state index in [1.807, 2.05) is 50.2 Å². The molecule has 1 fully saturated rings. The second-order valence-corrected chi connectivity index (χ2v) is 9.11. The molecule has 0 radical (unpaired) electrons. The smallest absolute Gasteiger partial charge is 0.266 e. The van der Waals surface area contributed by atoms with Crippen LogP contribution in [0.5, 0.6) is 5.75 Å². The Labute approximate surface area is 191 Å². The number of morpholine rings is 1. The van der Waals surface area contributed by atoms with Gasteiger partial charge in [-0.1, -0.05) is 40.6 Å². The Kier molecular flexibility index (Phi) is 7.07. The van der Waals surface area contributed by atoms with Gasteiger partial charge < -0.3 is 9.47 Å². The molecule has 31 heavy (non-hydrogen) atoms. The molecule has 1 saturated heterocycles. The number of fused-ring (bicyclic) bond motifs is 1. The molecule has 0 unspecified atom stereocenters. The number of amides is 1. The molecule has 4 rings (SSSR count). The fourth-order valence-corrected chi connectivity index (χ4v) is 4.97. The highest BCUT2D eigenvalue weighted by molar-refractivity contribution is 7.22. The molecule has 0 atom stereocenters. The van der Waals surface area contributed by atoms with Crippen LogP contribution in [0.2, 0.25) is 5.02 Å². The molecule has 1 amide bonds. The molecule has 2 heterocycles. The van der Waals surface area contributed by atoms with E-state index in [-0.39, 0.29) is 12.5 Å².